The van der Waals surface area contributed by atoms with Crippen LogP contribution in [0.15, 0.2) is 29.2 Å². The number of aliphatic carboxylic acids is 1. The number of hydrogen-bond donors (Lipinski definition) is 2. The van der Waals surface area contributed by atoms with E-state index in [-0.39, 0.29) is 5.75 Å². The van der Waals surface area contributed by atoms with Crippen molar-refractivity contribution in [3.63, 3.8) is 0 Å². The van der Waals surface area contributed by atoms with Crippen molar-refractivity contribution in [2.24, 2.45) is 0 Å². The number of hydrogen-bond acceptors (Lipinski definition) is 3. The fourth-order valence-corrected chi connectivity index (χ4v) is 1.44. The number of nitrogens with two attached hydrogens (primary N) is 1. The molecule has 0 aliphatic rings. The zero-order valence-corrected chi connectivity index (χ0v) is 7.17. The first kappa shape index (κ1) is 8.93. The molecule has 3 nitrogen and oxygen atoms in total. The fraction of sp³-hybridized carbons (Fsp3) is 0.125. The number of carboxylic acids is 1. The van der Waals surface area contributed by atoms with E-state index in [9.17, 15) is 4.79 Å². The Labute approximate surface area is 74.6 Å². The Hall–Kier alpha value is -1.16. The molecule has 0 aliphatic heterocycles. The second-order valence-corrected chi connectivity index (χ2v) is 3.24. The van der Waals surface area contributed by atoms with Gasteiger partial charge in [0, 0.05) is 10.6 Å². The summed E-state index contributed by atoms with van der Waals surface area (Å²) in [6, 6.07) is 7.22. The van der Waals surface area contributed by atoms with Gasteiger partial charge in [-0.1, -0.05) is 12.1 Å². The fourth-order valence-electron chi connectivity index (χ4n) is 0.751. The molecule has 0 radical (unpaired) electrons. The highest BCUT2D eigenvalue weighted by molar-refractivity contribution is 8.00. The van der Waals surface area contributed by atoms with E-state index in [0.717, 1.165) is 4.90 Å². The van der Waals surface area contributed by atoms with Crippen molar-refractivity contribution in [3.05, 3.63) is 24.3 Å². The molecule has 1 rings (SSSR count). The van der Waals surface area contributed by atoms with E-state index >= 15 is 0 Å². The monoisotopic (exact) mass is 183 g/mol. The molecule has 0 aromatic heterocycles. The molecule has 0 fully saturated rings. The van der Waals surface area contributed by atoms with Crippen LogP contribution >= 0.6 is 11.8 Å². The minimum Gasteiger partial charge on any atom is -0.481 e. The highest BCUT2D eigenvalue weighted by Gasteiger charge is 2.01. The molecule has 0 aliphatic carbocycles. The Kier molecular flexibility index (Phi) is 2.99. The first-order chi connectivity index (χ1) is 5.70. The van der Waals surface area contributed by atoms with Crippen LogP contribution in [0, 0.1) is 0 Å². The van der Waals surface area contributed by atoms with Gasteiger partial charge >= 0.3 is 5.97 Å². The normalized spacial score (nSPS) is 9.67. The second-order valence-electron chi connectivity index (χ2n) is 2.22. The Morgan fingerprint density at radius 2 is 2.17 bits per heavy atom. The summed E-state index contributed by atoms with van der Waals surface area (Å²) in [5.74, 6) is -0.781. The van der Waals surface area contributed by atoms with Crippen molar-refractivity contribution in [3.8, 4) is 0 Å². The third kappa shape index (κ3) is 2.47. The zero-order chi connectivity index (χ0) is 8.97. The summed E-state index contributed by atoms with van der Waals surface area (Å²) in [7, 11) is 0. The quantitative estimate of drug-likeness (QED) is 0.550. The van der Waals surface area contributed by atoms with Gasteiger partial charge in [-0.25, -0.2) is 0 Å². The van der Waals surface area contributed by atoms with Gasteiger partial charge in [0.1, 0.15) is 0 Å². The minimum absolute atomic E-state index is 0.0498. The first-order valence-electron chi connectivity index (χ1n) is 3.39. The molecule has 3 N–H and O–H groups in total. The second kappa shape index (κ2) is 4.01. The molecule has 0 amide bonds. The third-order valence-electron chi connectivity index (χ3n) is 1.27. The van der Waals surface area contributed by atoms with Gasteiger partial charge in [-0.3, -0.25) is 4.79 Å². The van der Waals surface area contributed by atoms with Gasteiger partial charge in [0.25, 0.3) is 0 Å². The number of thioether (sulfide) groups is 1. The van der Waals surface area contributed by atoms with E-state index < -0.39 is 5.97 Å². The zero-order valence-electron chi connectivity index (χ0n) is 6.36. The average Bonchev–Trinajstić information content (AvgIpc) is 2.03. The Morgan fingerprint density at radius 1 is 1.50 bits per heavy atom. The molecule has 1 aromatic carbocycles. The van der Waals surface area contributed by atoms with Crippen molar-refractivity contribution in [1.82, 2.24) is 0 Å². The van der Waals surface area contributed by atoms with Gasteiger partial charge in [0.15, 0.2) is 0 Å². The van der Waals surface area contributed by atoms with E-state index in [1.165, 1.54) is 11.8 Å². The molecular weight excluding hydrogens is 174 g/mol. The number of rotatable bonds is 3. The third-order valence-corrected chi connectivity index (χ3v) is 2.34. The number of carboxylic acid groups (broad SMARTS) is 1. The maximum Gasteiger partial charge on any atom is 0.313 e. The van der Waals surface area contributed by atoms with Gasteiger partial charge in [-0.05, 0) is 12.1 Å². The Balaban J connectivity index is 2.63. The van der Waals surface area contributed by atoms with Crippen molar-refractivity contribution in [1.29, 1.82) is 0 Å². The molecular formula is C8H9NO2S. The van der Waals surface area contributed by atoms with Gasteiger partial charge in [-0.2, -0.15) is 0 Å². The summed E-state index contributed by atoms with van der Waals surface area (Å²) in [5, 5.41) is 8.40. The van der Waals surface area contributed by atoms with E-state index in [4.69, 9.17) is 10.8 Å². The lowest BCUT2D eigenvalue weighted by atomic mass is 10.3. The topological polar surface area (TPSA) is 63.3 Å². The number of benzene rings is 1. The van der Waals surface area contributed by atoms with Gasteiger partial charge in [-0.15, -0.1) is 11.8 Å². The molecule has 0 spiro atoms. The molecule has 4 heteroatoms. The average molecular weight is 183 g/mol. The van der Waals surface area contributed by atoms with Crippen LogP contribution in [0.1, 0.15) is 0 Å². The van der Waals surface area contributed by atoms with Crippen molar-refractivity contribution in [2.45, 2.75) is 4.90 Å². The number of para-hydroxylation sites is 1. The number of anilines is 1. The van der Waals surface area contributed by atoms with Crippen LogP contribution in [0.4, 0.5) is 5.69 Å². The smallest absolute Gasteiger partial charge is 0.313 e. The Morgan fingerprint density at radius 3 is 2.75 bits per heavy atom. The summed E-state index contributed by atoms with van der Waals surface area (Å²) < 4.78 is 0. The molecule has 0 heterocycles. The standard InChI is InChI=1S/C8H9NO2S/c9-6-3-1-2-4-7(6)12-5-8(10)11/h1-4H,5,9H2,(H,10,11). The number of carbonyl (C=O) groups is 1. The van der Waals surface area contributed by atoms with Crippen LogP contribution < -0.4 is 5.73 Å². The summed E-state index contributed by atoms with van der Waals surface area (Å²) in [4.78, 5) is 11.0. The Bertz CT molecular complexity index is 288. The van der Waals surface area contributed by atoms with Crippen molar-refractivity contribution in [2.75, 3.05) is 11.5 Å². The molecule has 1 aromatic rings. The van der Waals surface area contributed by atoms with Crippen molar-refractivity contribution < 1.29 is 9.90 Å². The van der Waals surface area contributed by atoms with Crippen LogP contribution in [-0.4, -0.2) is 16.8 Å². The molecule has 0 atom stereocenters. The molecule has 0 saturated carbocycles. The lowest BCUT2D eigenvalue weighted by Gasteiger charge is -2.01. The molecule has 12 heavy (non-hydrogen) atoms. The maximum absolute atomic E-state index is 10.2. The highest BCUT2D eigenvalue weighted by Crippen LogP contribution is 2.23. The molecule has 64 valence electrons. The summed E-state index contributed by atoms with van der Waals surface area (Å²) in [5.41, 5.74) is 6.22. The SMILES string of the molecule is Nc1ccccc1SCC(=O)O. The first-order valence-corrected chi connectivity index (χ1v) is 4.38. The summed E-state index contributed by atoms with van der Waals surface area (Å²) >= 11 is 1.23. The van der Waals surface area contributed by atoms with E-state index in [1.54, 1.807) is 6.07 Å². The maximum atomic E-state index is 10.2. The predicted molar refractivity (Wildman–Crippen MR) is 49.2 cm³/mol. The summed E-state index contributed by atoms with van der Waals surface area (Å²) in [6.07, 6.45) is 0. The van der Waals surface area contributed by atoms with Crippen LogP contribution in [0.25, 0.3) is 0 Å². The largest absolute Gasteiger partial charge is 0.481 e. The van der Waals surface area contributed by atoms with Crippen LogP contribution in [-0.2, 0) is 4.79 Å². The van der Waals surface area contributed by atoms with Gasteiger partial charge < -0.3 is 10.8 Å². The van der Waals surface area contributed by atoms with Gasteiger partial charge in [0.05, 0.1) is 5.75 Å². The van der Waals surface area contributed by atoms with Gasteiger partial charge in [0.2, 0.25) is 0 Å². The van der Waals surface area contributed by atoms with Crippen molar-refractivity contribution >= 4 is 23.4 Å². The summed E-state index contributed by atoms with van der Waals surface area (Å²) in [6.45, 7) is 0. The van der Waals surface area contributed by atoms with E-state index in [1.807, 2.05) is 18.2 Å². The minimum atomic E-state index is -0.830. The van der Waals surface area contributed by atoms with Crippen LogP contribution in [0.3, 0.4) is 0 Å². The molecule has 0 unspecified atom stereocenters. The van der Waals surface area contributed by atoms with Crippen LogP contribution in [0.5, 0.6) is 0 Å². The van der Waals surface area contributed by atoms with E-state index in [2.05, 4.69) is 0 Å². The number of nitrogen functional groups attached to an aromatic ring is 1. The predicted octanol–water partition coefficient (Wildman–Crippen LogP) is 1.45. The lowest BCUT2D eigenvalue weighted by Crippen LogP contribution is -1.98. The van der Waals surface area contributed by atoms with Crippen LogP contribution in [0.2, 0.25) is 0 Å². The molecule has 0 bridgehead atoms. The highest BCUT2D eigenvalue weighted by atomic mass is 32.2. The molecule has 0 saturated heterocycles. The van der Waals surface area contributed by atoms with E-state index in [0.29, 0.717) is 5.69 Å². The lowest BCUT2D eigenvalue weighted by molar-refractivity contribution is -0.133.